The largest absolute Gasteiger partial charge is 0.376 e. The number of Topliss-reactive ketones (excluding diaryl/α,β-unsaturated/α-hetero) is 1. The number of likely N-dealkylation sites (tertiary alicyclic amines) is 1. The second-order valence-electron chi connectivity index (χ2n) is 20.9. The minimum atomic E-state index is -3.59. The Morgan fingerprint density at radius 1 is 0.867 bits per heavy atom. The summed E-state index contributed by atoms with van der Waals surface area (Å²) in [6.07, 6.45) is 11.6. The number of nitrogens with one attached hydrogen (secondary N) is 4. The SMILES string of the molecule is CC1([C@H](NC(=O)NC2(CS(=O)(=O)C(C)(C)C)CCCCC2)C(=O)N2C[C@H]3[C@@H]([C@H]2C(=O)NC(CC2CC2)C(=O)C(=O)NC2CC2)[C@]3(C)COCc2ccccc2)CCCCC1. The Morgan fingerprint density at radius 3 is 2.10 bits per heavy atom. The second kappa shape index (κ2) is 17.3. The van der Waals surface area contributed by atoms with E-state index in [1.54, 1.807) is 25.7 Å². The smallest absolute Gasteiger partial charge is 0.315 e. The van der Waals surface area contributed by atoms with Gasteiger partial charge in [-0.25, -0.2) is 13.2 Å². The molecule has 14 heteroatoms. The van der Waals surface area contributed by atoms with Gasteiger partial charge in [0.2, 0.25) is 17.6 Å². The van der Waals surface area contributed by atoms with Crippen molar-refractivity contribution in [3.63, 3.8) is 0 Å². The maximum atomic E-state index is 15.3. The molecule has 1 heterocycles. The molecule has 6 aliphatic rings. The van der Waals surface area contributed by atoms with E-state index < -0.39 is 72.7 Å². The average molecular weight is 852 g/mol. The molecule has 60 heavy (non-hydrogen) atoms. The minimum absolute atomic E-state index is 0.0100. The third-order valence-corrected chi connectivity index (χ3v) is 17.7. The first-order chi connectivity index (χ1) is 28.3. The number of hydrogen-bond acceptors (Lipinski definition) is 8. The number of hydrogen-bond donors (Lipinski definition) is 4. The molecule has 1 aromatic carbocycles. The summed E-state index contributed by atoms with van der Waals surface area (Å²) in [6, 6.07) is 6.33. The van der Waals surface area contributed by atoms with Crippen LogP contribution in [0.15, 0.2) is 30.3 Å². The standard InChI is InChI=1S/C46H69N5O8S/c1-43(2,3)60(57,58)29-46(23-13-8-14-24-46)50-42(56)49-38(44(4)21-11-7-12-22-44)41(55)51-26-33-35(45(33,5)28-59-27-31-15-9-6-10-16-31)36(51)39(53)48-34(25-30-17-18-30)37(52)40(54)47-32-19-20-32/h6,9-10,15-16,30,32-36,38H,7-8,11-14,17-29H2,1-5H3,(H,47,54)(H,48,53)(H2,49,50,56)/t33-,34?,35-,36-,38+,45+/m0/s1. The van der Waals surface area contributed by atoms with Gasteiger partial charge in [0.05, 0.1) is 35.3 Å². The summed E-state index contributed by atoms with van der Waals surface area (Å²) < 4.78 is 32.4. The number of sulfone groups is 1. The van der Waals surface area contributed by atoms with Crippen LogP contribution in [0.5, 0.6) is 0 Å². The molecule has 5 aliphatic carbocycles. The van der Waals surface area contributed by atoms with Gasteiger partial charge in [-0.3, -0.25) is 19.2 Å². The van der Waals surface area contributed by atoms with Gasteiger partial charge >= 0.3 is 6.03 Å². The van der Waals surface area contributed by atoms with E-state index in [1.165, 1.54) is 0 Å². The molecule has 1 aromatic rings. The Bertz CT molecular complexity index is 1880. The molecule has 6 atom stereocenters. The third kappa shape index (κ3) is 9.90. The fraction of sp³-hybridized carbons (Fsp3) is 0.761. The summed E-state index contributed by atoms with van der Waals surface area (Å²) in [5.41, 5.74) is -0.981. The van der Waals surface area contributed by atoms with Crippen molar-refractivity contribution in [2.24, 2.45) is 28.6 Å². The molecule has 1 saturated heterocycles. The van der Waals surface area contributed by atoms with Crippen LogP contribution in [0.25, 0.3) is 0 Å². The lowest BCUT2D eigenvalue weighted by molar-refractivity contribution is -0.146. The van der Waals surface area contributed by atoms with Crippen LogP contribution < -0.4 is 21.3 Å². The zero-order chi connectivity index (χ0) is 43.1. The molecule has 6 fully saturated rings. The maximum Gasteiger partial charge on any atom is 0.315 e. The van der Waals surface area contributed by atoms with Crippen LogP contribution in [0.2, 0.25) is 0 Å². The fourth-order valence-electron chi connectivity index (χ4n) is 10.5. The van der Waals surface area contributed by atoms with Crippen LogP contribution in [-0.2, 0) is 40.4 Å². The summed E-state index contributed by atoms with van der Waals surface area (Å²) in [5, 5.41) is 12.0. The van der Waals surface area contributed by atoms with Gasteiger partial charge in [0.1, 0.15) is 12.1 Å². The molecule has 0 aromatic heterocycles. The van der Waals surface area contributed by atoms with Crippen LogP contribution >= 0.6 is 0 Å². The minimum Gasteiger partial charge on any atom is -0.376 e. The Labute approximate surface area is 356 Å². The molecule has 0 radical (unpaired) electrons. The molecule has 4 N–H and O–H groups in total. The monoisotopic (exact) mass is 851 g/mol. The normalized spacial score (nSPS) is 28.1. The highest BCUT2D eigenvalue weighted by atomic mass is 32.2. The van der Waals surface area contributed by atoms with Crippen molar-refractivity contribution in [3.05, 3.63) is 35.9 Å². The van der Waals surface area contributed by atoms with Gasteiger partial charge in [-0.15, -0.1) is 0 Å². The van der Waals surface area contributed by atoms with Crippen molar-refractivity contribution in [1.29, 1.82) is 0 Å². The number of ketones is 1. The molecule has 5 saturated carbocycles. The summed E-state index contributed by atoms with van der Waals surface area (Å²) in [7, 11) is -3.59. The van der Waals surface area contributed by atoms with E-state index in [1.807, 2.05) is 37.3 Å². The Morgan fingerprint density at radius 2 is 1.50 bits per heavy atom. The van der Waals surface area contributed by atoms with E-state index in [9.17, 15) is 27.6 Å². The molecule has 1 aliphatic heterocycles. The molecule has 13 nitrogen and oxygen atoms in total. The van der Waals surface area contributed by atoms with Crippen molar-refractivity contribution in [2.75, 3.05) is 18.9 Å². The Hall–Kier alpha value is -3.52. The summed E-state index contributed by atoms with van der Waals surface area (Å²) >= 11 is 0. The molecule has 5 amide bonds. The van der Waals surface area contributed by atoms with Crippen LogP contribution in [-0.4, -0.2) is 96.2 Å². The molecule has 1 unspecified atom stereocenters. The molecule has 0 bridgehead atoms. The highest BCUT2D eigenvalue weighted by Gasteiger charge is 2.72. The van der Waals surface area contributed by atoms with Crippen molar-refractivity contribution >= 4 is 39.4 Å². The first-order valence-electron chi connectivity index (χ1n) is 22.7. The lowest BCUT2D eigenvalue weighted by atomic mass is 9.70. The first kappa shape index (κ1) is 44.5. The van der Waals surface area contributed by atoms with Crippen LogP contribution in [0, 0.1) is 28.6 Å². The number of piperidine rings is 1. The second-order valence-corrected chi connectivity index (χ2v) is 23.6. The van der Waals surface area contributed by atoms with Gasteiger partial charge in [0.25, 0.3) is 5.91 Å². The highest BCUT2D eigenvalue weighted by molar-refractivity contribution is 7.92. The lowest BCUT2D eigenvalue weighted by Crippen LogP contribution is -2.65. The van der Waals surface area contributed by atoms with Gasteiger partial charge < -0.3 is 30.9 Å². The van der Waals surface area contributed by atoms with Crippen molar-refractivity contribution in [2.45, 2.75) is 172 Å². The fourth-order valence-corrected chi connectivity index (χ4v) is 12.0. The zero-order valence-corrected chi connectivity index (χ0v) is 37.3. The molecule has 0 spiro atoms. The number of amides is 5. The zero-order valence-electron chi connectivity index (χ0n) is 36.5. The highest BCUT2D eigenvalue weighted by Crippen LogP contribution is 2.65. The van der Waals surface area contributed by atoms with Gasteiger partial charge in [-0.1, -0.05) is 95.5 Å². The number of fused-ring (bicyclic) bond motifs is 1. The third-order valence-electron chi connectivity index (χ3n) is 14.9. The average Bonchev–Trinajstić information content (AvgIpc) is 4.16. The van der Waals surface area contributed by atoms with Gasteiger partial charge in [-0.2, -0.15) is 0 Å². The lowest BCUT2D eigenvalue weighted by Gasteiger charge is -2.44. The van der Waals surface area contributed by atoms with Gasteiger partial charge in [0.15, 0.2) is 9.84 Å². The van der Waals surface area contributed by atoms with E-state index >= 15 is 4.79 Å². The number of rotatable bonds is 17. The number of urea groups is 1. The van der Waals surface area contributed by atoms with Crippen LogP contribution in [0.1, 0.15) is 136 Å². The van der Waals surface area contributed by atoms with E-state index in [4.69, 9.17) is 4.74 Å². The summed E-state index contributed by atoms with van der Waals surface area (Å²) in [4.78, 5) is 72.7. The Kier molecular flexibility index (Phi) is 12.9. The predicted molar refractivity (Wildman–Crippen MR) is 228 cm³/mol. The molecule has 332 valence electrons. The number of benzene rings is 1. The number of ether oxygens (including phenoxy) is 1. The van der Waals surface area contributed by atoms with Crippen molar-refractivity contribution < 1.29 is 37.1 Å². The van der Waals surface area contributed by atoms with Gasteiger partial charge in [0, 0.05) is 23.9 Å². The number of carbonyl (C=O) groups is 5. The Balaban J connectivity index is 1.15. The van der Waals surface area contributed by atoms with Gasteiger partial charge in [-0.05, 0) is 88.5 Å². The van der Waals surface area contributed by atoms with Crippen molar-refractivity contribution in [1.82, 2.24) is 26.2 Å². The summed E-state index contributed by atoms with van der Waals surface area (Å²) in [5.74, 6) is -2.44. The number of carbonyl (C=O) groups excluding carboxylic acids is 5. The van der Waals surface area contributed by atoms with E-state index in [2.05, 4.69) is 28.2 Å². The predicted octanol–water partition coefficient (Wildman–Crippen LogP) is 5.35. The quantitative estimate of drug-likeness (QED) is 0.152. The van der Waals surface area contributed by atoms with E-state index in [-0.39, 0.29) is 42.0 Å². The van der Waals surface area contributed by atoms with E-state index in [0.717, 1.165) is 69.8 Å². The first-order valence-corrected chi connectivity index (χ1v) is 24.4. The molecular weight excluding hydrogens is 783 g/mol. The summed E-state index contributed by atoms with van der Waals surface area (Å²) in [6.45, 7) is 10.2. The molecule has 7 rings (SSSR count). The van der Waals surface area contributed by atoms with Crippen LogP contribution in [0.3, 0.4) is 0 Å². The maximum absolute atomic E-state index is 15.3. The van der Waals surface area contributed by atoms with Crippen molar-refractivity contribution in [3.8, 4) is 0 Å². The number of nitrogens with zero attached hydrogens (tertiary/aromatic N) is 1. The van der Waals surface area contributed by atoms with Crippen LogP contribution in [0.4, 0.5) is 4.79 Å². The van der Waals surface area contributed by atoms with E-state index in [0.29, 0.717) is 45.3 Å². The topological polar surface area (TPSA) is 180 Å². The molecular formula is C46H69N5O8S.